The molecule has 0 radical (unpaired) electrons. The van der Waals surface area contributed by atoms with Gasteiger partial charge in [-0.05, 0) is 38.1 Å². The maximum absolute atomic E-state index is 12.3. The molecule has 1 fully saturated rings. The second-order valence-electron chi connectivity index (χ2n) is 5.90. The molecule has 1 aliphatic rings. The molecule has 5 nitrogen and oxygen atoms in total. The second kappa shape index (κ2) is 7.34. The van der Waals surface area contributed by atoms with E-state index in [4.69, 9.17) is 16.0 Å². The van der Waals surface area contributed by atoms with Gasteiger partial charge >= 0.3 is 0 Å². The minimum absolute atomic E-state index is 0.157. The summed E-state index contributed by atoms with van der Waals surface area (Å²) < 4.78 is 5.67. The van der Waals surface area contributed by atoms with E-state index in [1.165, 1.54) is 0 Å². The first-order chi connectivity index (χ1) is 11.1. The molecule has 0 spiro atoms. The number of hydrogen-bond donors (Lipinski definition) is 2. The van der Waals surface area contributed by atoms with Gasteiger partial charge < -0.3 is 20.0 Å². The average molecular weight is 336 g/mol. The van der Waals surface area contributed by atoms with Crippen molar-refractivity contribution in [1.82, 2.24) is 15.5 Å². The smallest absolute Gasteiger partial charge is 0.287 e. The van der Waals surface area contributed by atoms with Crippen LogP contribution in [0.4, 0.5) is 0 Å². The summed E-state index contributed by atoms with van der Waals surface area (Å²) in [5.41, 5.74) is 1.53. The first-order valence-corrected chi connectivity index (χ1v) is 8.43. The number of carbonyl (C=O) groups excluding carboxylic acids is 1. The number of amides is 1. The molecule has 1 aromatic carbocycles. The predicted octanol–water partition coefficient (Wildman–Crippen LogP) is 2.42. The molecule has 1 saturated heterocycles. The van der Waals surface area contributed by atoms with Crippen molar-refractivity contribution in [2.75, 3.05) is 39.3 Å². The van der Waals surface area contributed by atoms with Gasteiger partial charge in [0, 0.05) is 48.7 Å². The van der Waals surface area contributed by atoms with E-state index >= 15 is 0 Å². The van der Waals surface area contributed by atoms with Crippen LogP contribution in [0.2, 0.25) is 5.02 Å². The number of nitrogens with zero attached hydrogens (tertiary/aromatic N) is 1. The third kappa shape index (κ3) is 3.86. The van der Waals surface area contributed by atoms with Gasteiger partial charge in [0.05, 0.1) is 0 Å². The first kappa shape index (κ1) is 16.3. The lowest BCUT2D eigenvalue weighted by atomic mass is 10.1. The van der Waals surface area contributed by atoms with E-state index in [1.807, 2.05) is 13.0 Å². The van der Waals surface area contributed by atoms with Crippen LogP contribution in [0, 0.1) is 6.92 Å². The number of hydrogen-bond acceptors (Lipinski definition) is 4. The molecular weight excluding hydrogens is 314 g/mol. The number of fused-ring (bicyclic) bond motifs is 1. The largest absolute Gasteiger partial charge is 0.451 e. The van der Waals surface area contributed by atoms with Crippen LogP contribution in [-0.4, -0.2) is 50.1 Å². The van der Waals surface area contributed by atoms with Crippen molar-refractivity contribution < 1.29 is 9.21 Å². The summed E-state index contributed by atoms with van der Waals surface area (Å²) in [6.45, 7) is 7.81. The Balaban J connectivity index is 1.55. The summed E-state index contributed by atoms with van der Waals surface area (Å²) in [6, 6.07) is 5.39. The molecule has 0 bridgehead atoms. The summed E-state index contributed by atoms with van der Waals surface area (Å²) in [5.74, 6) is 0.222. The van der Waals surface area contributed by atoms with Gasteiger partial charge in [-0.2, -0.15) is 0 Å². The Morgan fingerprint density at radius 2 is 2.17 bits per heavy atom. The minimum Gasteiger partial charge on any atom is -0.451 e. The molecule has 0 unspecified atom stereocenters. The Morgan fingerprint density at radius 3 is 2.96 bits per heavy atom. The van der Waals surface area contributed by atoms with Gasteiger partial charge in [0.15, 0.2) is 5.76 Å². The third-order valence-electron chi connectivity index (χ3n) is 4.25. The molecule has 2 N–H and O–H groups in total. The summed E-state index contributed by atoms with van der Waals surface area (Å²) in [5, 5.41) is 7.82. The van der Waals surface area contributed by atoms with Crippen LogP contribution in [0.25, 0.3) is 11.0 Å². The van der Waals surface area contributed by atoms with E-state index in [0.717, 1.165) is 50.1 Å². The number of halogens is 1. The molecule has 6 heteroatoms. The Kier molecular flexibility index (Phi) is 5.20. The maximum atomic E-state index is 12.3. The Bertz CT molecular complexity index is 692. The molecule has 124 valence electrons. The molecule has 1 amide bonds. The Labute approximate surface area is 141 Å². The topological polar surface area (TPSA) is 57.5 Å². The van der Waals surface area contributed by atoms with Crippen molar-refractivity contribution in [1.29, 1.82) is 0 Å². The normalized spacial score (nSPS) is 15.9. The maximum Gasteiger partial charge on any atom is 0.287 e. The van der Waals surface area contributed by atoms with Gasteiger partial charge in [-0.15, -0.1) is 0 Å². The highest BCUT2D eigenvalue weighted by atomic mass is 35.5. The van der Waals surface area contributed by atoms with Crippen LogP contribution in [-0.2, 0) is 0 Å². The zero-order chi connectivity index (χ0) is 16.2. The van der Waals surface area contributed by atoms with Crippen LogP contribution in [0.15, 0.2) is 22.6 Å². The molecule has 0 atom stereocenters. The first-order valence-electron chi connectivity index (χ1n) is 8.05. The highest BCUT2D eigenvalue weighted by Crippen LogP contribution is 2.27. The lowest BCUT2D eigenvalue weighted by molar-refractivity contribution is 0.0925. The lowest BCUT2D eigenvalue weighted by Crippen LogP contribution is -2.44. The fraction of sp³-hybridized carbons (Fsp3) is 0.471. The van der Waals surface area contributed by atoms with Crippen molar-refractivity contribution in [2.45, 2.75) is 13.3 Å². The molecule has 2 aromatic rings. The molecule has 1 aromatic heterocycles. The number of aryl methyl sites for hydroxylation is 1. The highest BCUT2D eigenvalue weighted by Gasteiger charge is 2.17. The van der Waals surface area contributed by atoms with Gasteiger partial charge in [0.2, 0.25) is 0 Å². The summed E-state index contributed by atoms with van der Waals surface area (Å²) in [7, 11) is 0. The molecule has 2 heterocycles. The molecule has 0 aliphatic carbocycles. The third-order valence-corrected chi connectivity index (χ3v) is 4.49. The number of benzene rings is 1. The number of rotatable bonds is 5. The second-order valence-corrected chi connectivity index (χ2v) is 6.33. The van der Waals surface area contributed by atoms with Crippen molar-refractivity contribution in [3.8, 4) is 0 Å². The quantitative estimate of drug-likeness (QED) is 0.824. The predicted molar refractivity (Wildman–Crippen MR) is 92.2 cm³/mol. The van der Waals surface area contributed by atoms with Crippen molar-refractivity contribution in [2.24, 2.45) is 0 Å². The van der Waals surface area contributed by atoms with Crippen molar-refractivity contribution in [3.05, 3.63) is 34.5 Å². The Hall–Kier alpha value is -1.56. The van der Waals surface area contributed by atoms with Crippen molar-refractivity contribution >= 4 is 28.5 Å². The van der Waals surface area contributed by atoms with Gasteiger partial charge in [0.25, 0.3) is 5.91 Å². The fourth-order valence-electron chi connectivity index (χ4n) is 2.93. The highest BCUT2D eigenvalue weighted by molar-refractivity contribution is 6.31. The number of carbonyl (C=O) groups is 1. The van der Waals surface area contributed by atoms with Crippen LogP contribution in [0.5, 0.6) is 0 Å². The lowest BCUT2D eigenvalue weighted by Gasteiger charge is -2.26. The summed E-state index contributed by atoms with van der Waals surface area (Å²) in [6.07, 6.45) is 0.941. The van der Waals surface area contributed by atoms with Crippen molar-refractivity contribution in [3.63, 3.8) is 0 Å². The summed E-state index contributed by atoms with van der Waals surface area (Å²) >= 11 is 6.00. The van der Waals surface area contributed by atoms with Gasteiger partial charge in [-0.3, -0.25) is 4.79 Å². The van der Waals surface area contributed by atoms with E-state index in [9.17, 15) is 4.79 Å². The molecule has 1 aliphatic heterocycles. The minimum atomic E-state index is -0.157. The molecular formula is C17H22ClN3O2. The monoisotopic (exact) mass is 335 g/mol. The van der Waals surface area contributed by atoms with Crippen LogP contribution in [0.3, 0.4) is 0 Å². The van der Waals surface area contributed by atoms with Gasteiger partial charge in [-0.1, -0.05) is 11.6 Å². The van der Waals surface area contributed by atoms with E-state index in [1.54, 1.807) is 12.1 Å². The molecule has 0 saturated carbocycles. The standard InChI is InChI=1S/C17H22ClN3O2/c1-12-14-11-13(18)3-4-15(14)23-16(12)17(22)20-5-2-8-21-9-6-19-7-10-21/h3-4,11,19H,2,5-10H2,1H3,(H,20,22). The van der Waals surface area contributed by atoms with E-state index in [-0.39, 0.29) is 5.91 Å². The van der Waals surface area contributed by atoms with Crippen LogP contribution < -0.4 is 10.6 Å². The zero-order valence-corrected chi connectivity index (χ0v) is 14.1. The average Bonchev–Trinajstić information content (AvgIpc) is 2.89. The van der Waals surface area contributed by atoms with E-state index in [0.29, 0.717) is 22.9 Å². The SMILES string of the molecule is Cc1c(C(=O)NCCCN2CCNCC2)oc2ccc(Cl)cc12. The number of furan rings is 1. The van der Waals surface area contributed by atoms with Crippen LogP contribution in [0.1, 0.15) is 22.5 Å². The molecule has 3 rings (SSSR count). The van der Waals surface area contributed by atoms with Crippen LogP contribution >= 0.6 is 11.6 Å². The zero-order valence-electron chi connectivity index (χ0n) is 13.3. The van der Waals surface area contributed by atoms with E-state index < -0.39 is 0 Å². The summed E-state index contributed by atoms with van der Waals surface area (Å²) in [4.78, 5) is 14.7. The van der Waals surface area contributed by atoms with Gasteiger partial charge in [-0.25, -0.2) is 0 Å². The van der Waals surface area contributed by atoms with E-state index in [2.05, 4.69) is 15.5 Å². The number of piperazine rings is 1. The molecule has 23 heavy (non-hydrogen) atoms. The Morgan fingerprint density at radius 1 is 1.39 bits per heavy atom. The van der Waals surface area contributed by atoms with Gasteiger partial charge in [0.1, 0.15) is 5.58 Å². The fourth-order valence-corrected chi connectivity index (χ4v) is 3.10. The number of nitrogens with one attached hydrogen (secondary N) is 2.